The van der Waals surface area contributed by atoms with Gasteiger partial charge in [0.2, 0.25) is 0 Å². The normalized spacial score (nSPS) is 10.7. The molecule has 0 unspecified atom stereocenters. The largest absolute Gasteiger partial charge is 0.366 e. The van der Waals surface area contributed by atoms with Crippen molar-refractivity contribution in [3.63, 3.8) is 0 Å². The Kier molecular flexibility index (Phi) is 4.50. The Morgan fingerprint density at radius 3 is 2.26 bits per heavy atom. The molecule has 0 aliphatic rings. The van der Waals surface area contributed by atoms with E-state index in [9.17, 15) is 0 Å². The van der Waals surface area contributed by atoms with Crippen LogP contribution in [0.25, 0.3) is 11.3 Å². The summed E-state index contributed by atoms with van der Waals surface area (Å²) in [6, 6.07) is 12.9. The highest BCUT2D eigenvalue weighted by Gasteiger charge is 2.02. The van der Waals surface area contributed by atoms with Crippen molar-refractivity contribution in [2.24, 2.45) is 0 Å². The zero-order valence-corrected chi connectivity index (χ0v) is 11.9. The van der Waals surface area contributed by atoms with E-state index in [1.54, 1.807) is 0 Å². The Hall–Kier alpha value is -1.90. The SMILES string of the molecule is CCCc1ccc(-c2ccc(NC(C)C)nn2)cc1. The predicted molar refractivity (Wildman–Crippen MR) is 80.2 cm³/mol. The molecule has 0 aliphatic carbocycles. The highest BCUT2D eigenvalue weighted by atomic mass is 15.2. The van der Waals surface area contributed by atoms with E-state index >= 15 is 0 Å². The first-order valence-corrected chi connectivity index (χ1v) is 6.88. The van der Waals surface area contributed by atoms with E-state index in [0.29, 0.717) is 6.04 Å². The van der Waals surface area contributed by atoms with Gasteiger partial charge in [-0.2, -0.15) is 0 Å². The van der Waals surface area contributed by atoms with Gasteiger partial charge in [0.05, 0.1) is 5.69 Å². The van der Waals surface area contributed by atoms with Gasteiger partial charge in [0.25, 0.3) is 0 Å². The lowest BCUT2D eigenvalue weighted by Crippen LogP contribution is -2.11. The van der Waals surface area contributed by atoms with Crippen LogP contribution in [-0.2, 0) is 6.42 Å². The topological polar surface area (TPSA) is 37.8 Å². The molecule has 1 N–H and O–H groups in total. The standard InChI is InChI=1S/C16H21N3/c1-4-5-13-6-8-14(9-7-13)15-10-11-16(19-18-15)17-12(2)3/h6-12H,4-5H2,1-3H3,(H,17,19). The van der Waals surface area contributed by atoms with Gasteiger partial charge in [0, 0.05) is 11.6 Å². The number of hydrogen-bond donors (Lipinski definition) is 1. The second-order valence-corrected chi connectivity index (χ2v) is 5.05. The van der Waals surface area contributed by atoms with Crippen molar-refractivity contribution in [2.75, 3.05) is 5.32 Å². The molecule has 0 bridgehead atoms. The molecule has 1 heterocycles. The maximum atomic E-state index is 4.27. The Morgan fingerprint density at radius 2 is 1.74 bits per heavy atom. The number of nitrogens with one attached hydrogen (secondary N) is 1. The number of hydrogen-bond acceptors (Lipinski definition) is 3. The maximum absolute atomic E-state index is 4.27. The van der Waals surface area contributed by atoms with Crippen molar-refractivity contribution in [3.8, 4) is 11.3 Å². The number of nitrogens with zero attached hydrogens (tertiary/aromatic N) is 2. The van der Waals surface area contributed by atoms with Crippen LogP contribution in [0.2, 0.25) is 0 Å². The zero-order valence-electron chi connectivity index (χ0n) is 11.9. The van der Waals surface area contributed by atoms with E-state index < -0.39 is 0 Å². The lowest BCUT2D eigenvalue weighted by atomic mass is 10.1. The monoisotopic (exact) mass is 255 g/mol. The minimum atomic E-state index is 0.369. The minimum absolute atomic E-state index is 0.369. The number of aromatic nitrogens is 2. The van der Waals surface area contributed by atoms with Crippen molar-refractivity contribution >= 4 is 5.82 Å². The van der Waals surface area contributed by atoms with Crippen LogP contribution in [-0.4, -0.2) is 16.2 Å². The van der Waals surface area contributed by atoms with E-state index in [4.69, 9.17) is 0 Å². The molecule has 0 spiro atoms. The zero-order chi connectivity index (χ0) is 13.7. The van der Waals surface area contributed by atoms with Crippen LogP contribution in [0.15, 0.2) is 36.4 Å². The van der Waals surface area contributed by atoms with Crippen LogP contribution in [0.4, 0.5) is 5.82 Å². The van der Waals surface area contributed by atoms with E-state index in [0.717, 1.165) is 23.5 Å². The van der Waals surface area contributed by atoms with Crippen LogP contribution < -0.4 is 5.32 Å². The fourth-order valence-electron chi connectivity index (χ4n) is 1.99. The molecule has 0 radical (unpaired) electrons. The highest BCUT2D eigenvalue weighted by Crippen LogP contribution is 2.18. The summed E-state index contributed by atoms with van der Waals surface area (Å²) in [6.45, 7) is 6.37. The third-order valence-electron chi connectivity index (χ3n) is 2.89. The van der Waals surface area contributed by atoms with Gasteiger partial charge < -0.3 is 5.32 Å². The van der Waals surface area contributed by atoms with Crippen LogP contribution in [0.1, 0.15) is 32.8 Å². The maximum Gasteiger partial charge on any atom is 0.148 e. The molecule has 1 aromatic heterocycles. The minimum Gasteiger partial charge on any atom is -0.366 e. The summed E-state index contributed by atoms with van der Waals surface area (Å²) in [6.07, 6.45) is 2.30. The third-order valence-corrected chi connectivity index (χ3v) is 2.89. The van der Waals surface area contributed by atoms with E-state index in [-0.39, 0.29) is 0 Å². The molecular weight excluding hydrogens is 234 g/mol. The van der Waals surface area contributed by atoms with Crippen LogP contribution >= 0.6 is 0 Å². The molecule has 2 rings (SSSR count). The smallest absolute Gasteiger partial charge is 0.148 e. The van der Waals surface area contributed by atoms with Gasteiger partial charge >= 0.3 is 0 Å². The van der Waals surface area contributed by atoms with Gasteiger partial charge in [0.15, 0.2) is 0 Å². The van der Waals surface area contributed by atoms with Crippen molar-refractivity contribution in [1.82, 2.24) is 10.2 Å². The quantitative estimate of drug-likeness (QED) is 0.880. The second kappa shape index (κ2) is 6.32. The van der Waals surface area contributed by atoms with E-state index in [2.05, 4.69) is 60.6 Å². The summed E-state index contributed by atoms with van der Waals surface area (Å²) in [5, 5.41) is 11.7. The van der Waals surface area contributed by atoms with Crippen LogP contribution in [0.5, 0.6) is 0 Å². The molecule has 0 aliphatic heterocycles. The molecule has 0 saturated carbocycles. The van der Waals surface area contributed by atoms with Crippen molar-refractivity contribution in [2.45, 2.75) is 39.7 Å². The van der Waals surface area contributed by atoms with E-state index in [1.165, 1.54) is 12.0 Å². The van der Waals surface area contributed by atoms with E-state index in [1.807, 2.05) is 12.1 Å². The van der Waals surface area contributed by atoms with Gasteiger partial charge in [-0.25, -0.2) is 0 Å². The van der Waals surface area contributed by atoms with Gasteiger partial charge in [-0.3, -0.25) is 0 Å². The molecule has 3 nitrogen and oxygen atoms in total. The molecule has 19 heavy (non-hydrogen) atoms. The number of anilines is 1. The Balaban J connectivity index is 2.13. The molecule has 2 aromatic rings. The summed E-state index contributed by atoms with van der Waals surface area (Å²) in [5.74, 6) is 0.821. The Bertz CT molecular complexity index is 501. The van der Waals surface area contributed by atoms with Gasteiger partial charge in [-0.1, -0.05) is 37.6 Å². The fourth-order valence-corrected chi connectivity index (χ4v) is 1.99. The highest BCUT2D eigenvalue weighted by molar-refractivity contribution is 5.59. The second-order valence-electron chi connectivity index (χ2n) is 5.05. The first kappa shape index (κ1) is 13.5. The Labute approximate surface area is 115 Å². The summed E-state index contributed by atoms with van der Waals surface area (Å²) in [7, 11) is 0. The molecule has 0 saturated heterocycles. The van der Waals surface area contributed by atoms with Crippen molar-refractivity contribution < 1.29 is 0 Å². The fraction of sp³-hybridized carbons (Fsp3) is 0.375. The molecular formula is C16H21N3. The molecule has 100 valence electrons. The average Bonchev–Trinajstić information content (AvgIpc) is 2.40. The average molecular weight is 255 g/mol. The molecule has 0 atom stereocenters. The lowest BCUT2D eigenvalue weighted by molar-refractivity contribution is 0.874. The molecule has 3 heteroatoms. The predicted octanol–water partition coefficient (Wildman–Crippen LogP) is 3.92. The summed E-state index contributed by atoms with van der Waals surface area (Å²) in [5.41, 5.74) is 3.40. The number of aryl methyl sites for hydroxylation is 1. The summed E-state index contributed by atoms with van der Waals surface area (Å²) >= 11 is 0. The summed E-state index contributed by atoms with van der Waals surface area (Å²) in [4.78, 5) is 0. The summed E-state index contributed by atoms with van der Waals surface area (Å²) < 4.78 is 0. The van der Waals surface area contributed by atoms with Gasteiger partial charge in [0.1, 0.15) is 5.82 Å². The first-order valence-electron chi connectivity index (χ1n) is 6.88. The molecule has 0 amide bonds. The lowest BCUT2D eigenvalue weighted by Gasteiger charge is -2.08. The van der Waals surface area contributed by atoms with Crippen LogP contribution in [0, 0.1) is 0 Å². The molecule has 1 aromatic carbocycles. The third kappa shape index (κ3) is 3.78. The van der Waals surface area contributed by atoms with Crippen molar-refractivity contribution in [3.05, 3.63) is 42.0 Å². The van der Waals surface area contributed by atoms with Gasteiger partial charge in [-0.05, 0) is 38.0 Å². The van der Waals surface area contributed by atoms with Crippen LogP contribution in [0.3, 0.4) is 0 Å². The first-order chi connectivity index (χ1) is 9.19. The number of benzene rings is 1. The van der Waals surface area contributed by atoms with Gasteiger partial charge in [-0.15, -0.1) is 10.2 Å². The number of rotatable bonds is 5. The molecule has 0 fully saturated rings. The Morgan fingerprint density at radius 1 is 1.00 bits per heavy atom. The van der Waals surface area contributed by atoms with Crippen molar-refractivity contribution in [1.29, 1.82) is 0 Å².